The van der Waals surface area contributed by atoms with Gasteiger partial charge in [0.25, 0.3) is 0 Å². The lowest BCUT2D eigenvalue weighted by Crippen LogP contribution is -2.03. The molecule has 1 heterocycles. The second-order valence-electron chi connectivity index (χ2n) is 3.13. The molecule has 1 heteroatoms. The highest BCUT2D eigenvalue weighted by molar-refractivity contribution is 5.17. The molecular formula is C8H14O. The summed E-state index contributed by atoms with van der Waals surface area (Å²) in [6.07, 6.45) is 2.50. The zero-order valence-corrected chi connectivity index (χ0v) is 6.56. The molecule has 1 rings (SSSR count). The second-order valence-corrected chi connectivity index (χ2v) is 3.13. The molecule has 0 saturated carbocycles. The van der Waals surface area contributed by atoms with Crippen LogP contribution in [0.4, 0.5) is 0 Å². The molecule has 0 aromatic heterocycles. The van der Waals surface area contributed by atoms with Gasteiger partial charge in [0, 0.05) is 0 Å². The molecule has 0 N–H and O–H groups in total. The quantitative estimate of drug-likeness (QED) is 0.387. The molecule has 9 heavy (non-hydrogen) atoms. The Hall–Kier alpha value is -0.300. The summed E-state index contributed by atoms with van der Waals surface area (Å²) in [5, 5.41) is 0. The van der Waals surface area contributed by atoms with Crippen molar-refractivity contribution in [2.75, 3.05) is 0 Å². The number of hydrogen-bond acceptors (Lipinski definition) is 1. The van der Waals surface area contributed by atoms with Gasteiger partial charge in [-0.2, -0.15) is 0 Å². The van der Waals surface area contributed by atoms with Crippen LogP contribution in [0, 0.1) is 0 Å². The van der Waals surface area contributed by atoms with E-state index in [2.05, 4.69) is 26.8 Å². The predicted molar refractivity (Wildman–Crippen MR) is 38.4 cm³/mol. The van der Waals surface area contributed by atoms with Crippen molar-refractivity contribution in [1.82, 2.24) is 0 Å². The Labute approximate surface area is 56.7 Å². The van der Waals surface area contributed by atoms with Crippen LogP contribution in [0.15, 0.2) is 11.6 Å². The van der Waals surface area contributed by atoms with Crippen molar-refractivity contribution in [3.05, 3.63) is 11.6 Å². The average Bonchev–Trinajstić information content (AvgIpc) is 2.38. The molecule has 1 aliphatic rings. The lowest BCUT2D eigenvalue weighted by Gasteiger charge is -1.93. The van der Waals surface area contributed by atoms with Gasteiger partial charge >= 0.3 is 0 Å². The topological polar surface area (TPSA) is 12.5 Å². The van der Waals surface area contributed by atoms with Gasteiger partial charge < -0.3 is 4.74 Å². The lowest BCUT2D eigenvalue weighted by molar-refractivity contribution is 0.331. The summed E-state index contributed by atoms with van der Waals surface area (Å²) in [6.45, 7) is 8.39. The first kappa shape index (κ1) is 6.81. The van der Waals surface area contributed by atoms with Gasteiger partial charge in [0.05, 0.1) is 5.60 Å². The minimum absolute atomic E-state index is 0.122. The molecule has 0 amide bonds. The van der Waals surface area contributed by atoms with Crippen molar-refractivity contribution in [3.8, 4) is 0 Å². The SMILES string of the molecule is C/C=C(\C)C1OC1(C)C. The van der Waals surface area contributed by atoms with Crippen molar-refractivity contribution < 1.29 is 4.74 Å². The van der Waals surface area contributed by atoms with Gasteiger partial charge in [-0.3, -0.25) is 0 Å². The molecule has 0 radical (unpaired) electrons. The van der Waals surface area contributed by atoms with Crippen LogP contribution in [0.2, 0.25) is 0 Å². The number of hydrogen-bond donors (Lipinski definition) is 0. The van der Waals surface area contributed by atoms with Crippen LogP contribution >= 0.6 is 0 Å². The smallest absolute Gasteiger partial charge is 0.107 e. The maximum atomic E-state index is 5.39. The van der Waals surface area contributed by atoms with E-state index in [4.69, 9.17) is 4.74 Å². The Morgan fingerprint density at radius 1 is 1.56 bits per heavy atom. The highest BCUT2D eigenvalue weighted by Gasteiger charge is 2.48. The third kappa shape index (κ3) is 1.16. The second kappa shape index (κ2) is 1.84. The van der Waals surface area contributed by atoms with E-state index in [1.165, 1.54) is 5.57 Å². The normalized spacial score (nSPS) is 32.4. The van der Waals surface area contributed by atoms with Crippen LogP contribution in [0.5, 0.6) is 0 Å². The van der Waals surface area contributed by atoms with Crippen LogP contribution in [0.1, 0.15) is 27.7 Å². The maximum Gasteiger partial charge on any atom is 0.107 e. The first-order valence-corrected chi connectivity index (χ1v) is 3.38. The molecule has 1 nitrogen and oxygen atoms in total. The Morgan fingerprint density at radius 2 is 2.00 bits per heavy atom. The molecule has 0 spiro atoms. The highest BCUT2D eigenvalue weighted by atomic mass is 16.6. The van der Waals surface area contributed by atoms with Crippen molar-refractivity contribution in [1.29, 1.82) is 0 Å². The fraction of sp³-hybridized carbons (Fsp3) is 0.750. The third-order valence-electron chi connectivity index (χ3n) is 1.86. The lowest BCUT2D eigenvalue weighted by atomic mass is 10.0. The van der Waals surface area contributed by atoms with E-state index in [1.807, 2.05) is 6.92 Å². The minimum Gasteiger partial charge on any atom is -0.362 e. The van der Waals surface area contributed by atoms with E-state index < -0.39 is 0 Å². The van der Waals surface area contributed by atoms with Gasteiger partial charge in [0.15, 0.2) is 0 Å². The summed E-state index contributed by atoms with van der Waals surface area (Å²) >= 11 is 0. The van der Waals surface area contributed by atoms with Crippen molar-refractivity contribution >= 4 is 0 Å². The molecule has 1 saturated heterocycles. The van der Waals surface area contributed by atoms with Gasteiger partial charge in [-0.05, 0) is 33.3 Å². The standard InChI is InChI=1S/C8H14O/c1-5-6(2)7-8(3,4)9-7/h5,7H,1-4H3/b6-5+. The summed E-state index contributed by atoms with van der Waals surface area (Å²) in [5.74, 6) is 0. The van der Waals surface area contributed by atoms with Crippen LogP contribution in [0.25, 0.3) is 0 Å². The van der Waals surface area contributed by atoms with E-state index in [0.717, 1.165) is 0 Å². The third-order valence-corrected chi connectivity index (χ3v) is 1.86. The van der Waals surface area contributed by atoms with E-state index in [9.17, 15) is 0 Å². The largest absolute Gasteiger partial charge is 0.362 e. The van der Waals surface area contributed by atoms with Crippen molar-refractivity contribution in [3.63, 3.8) is 0 Å². The Kier molecular flexibility index (Phi) is 1.39. The number of rotatable bonds is 1. The summed E-state index contributed by atoms with van der Waals surface area (Å²) in [7, 11) is 0. The maximum absolute atomic E-state index is 5.39. The average molecular weight is 126 g/mol. The molecule has 0 bridgehead atoms. The first-order chi connectivity index (χ1) is 4.08. The van der Waals surface area contributed by atoms with E-state index in [1.54, 1.807) is 0 Å². The summed E-state index contributed by atoms with van der Waals surface area (Å²) in [6, 6.07) is 0. The van der Waals surface area contributed by atoms with E-state index in [-0.39, 0.29) is 5.60 Å². The monoisotopic (exact) mass is 126 g/mol. The summed E-state index contributed by atoms with van der Waals surface area (Å²) in [5.41, 5.74) is 1.47. The van der Waals surface area contributed by atoms with Crippen LogP contribution in [-0.4, -0.2) is 11.7 Å². The summed E-state index contributed by atoms with van der Waals surface area (Å²) < 4.78 is 5.39. The Bertz CT molecular complexity index is 145. The number of allylic oxidation sites excluding steroid dienone is 1. The van der Waals surface area contributed by atoms with Crippen LogP contribution in [0.3, 0.4) is 0 Å². The van der Waals surface area contributed by atoms with Gasteiger partial charge in [-0.1, -0.05) is 6.08 Å². The van der Waals surface area contributed by atoms with Crippen LogP contribution < -0.4 is 0 Å². The van der Waals surface area contributed by atoms with E-state index in [0.29, 0.717) is 6.10 Å². The first-order valence-electron chi connectivity index (χ1n) is 3.38. The molecule has 1 aliphatic heterocycles. The molecule has 1 atom stereocenters. The van der Waals surface area contributed by atoms with Crippen LogP contribution in [-0.2, 0) is 4.74 Å². The van der Waals surface area contributed by atoms with Gasteiger partial charge in [0.2, 0.25) is 0 Å². The summed E-state index contributed by atoms with van der Waals surface area (Å²) in [4.78, 5) is 0. The zero-order chi connectivity index (χ0) is 7.07. The van der Waals surface area contributed by atoms with Gasteiger partial charge in [-0.25, -0.2) is 0 Å². The van der Waals surface area contributed by atoms with E-state index >= 15 is 0 Å². The molecule has 0 aromatic carbocycles. The van der Waals surface area contributed by atoms with Crippen molar-refractivity contribution in [2.45, 2.75) is 39.4 Å². The molecule has 0 aliphatic carbocycles. The highest BCUT2D eigenvalue weighted by Crippen LogP contribution is 2.39. The Morgan fingerprint density at radius 3 is 2.11 bits per heavy atom. The molecule has 0 aromatic rings. The number of ether oxygens (including phenoxy) is 1. The fourth-order valence-corrected chi connectivity index (χ4v) is 1.06. The van der Waals surface area contributed by atoms with Crippen molar-refractivity contribution in [2.24, 2.45) is 0 Å². The number of epoxide rings is 1. The zero-order valence-electron chi connectivity index (χ0n) is 6.56. The molecule has 52 valence electrons. The molecule has 1 unspecified atom stereocenters. The van der Waals surface area contributed by atoms with Gasteiger partial charge in [0.1, 0.15) is 6.10 Å². The predicted octanol–water partition coefficient (Wildman–Crippen LogP) is 2.13. The molecular weight excluding hydrogens is 112 g/mol. The fourth-order valence-electron chi connectivity index (χ4n) is 1.06. The Balaban J connectivity index is 2.52. The minimum atomic E-state index is 0.122. The van der Waals surface area contributed by atoms with Gasteiger partial charge in [-0.15, -0.1) is 0 Å². The molecule has 1 fully saturated rings.